The van der Waals surface area contributed by atoms with Crippen LogP contribution in [0.1, 0.15) is 44.0 Å². The van der Waals surface area contributed by atoms with Crippen LogP contribution in [0.25, 0.3) is 0 Å². The van der Waals surface area contributed by atoms with Gasteiger partial charge in [0.15, 0.2) is 0 Å². The molecule has 1 N–H and O–H groups in total. The molecule has 2 fully saturated rings. The molecule has 1 aromatic heterocycles. The van der Waals surface area contributed by atoms with Gasteiger partial charge in [-0.05, 0) is 43.9 Å². The summed E-state index contributed by atoms with van der Waals surface area (Å²) in [6, 6.07) is 6.82. The molecule has 31 heavy (non-hydrogen) atoms. The van der Waals surface area contributed by atoms with Gasteiger partial charge in [-0.3, -0.25) is 9.78 Å². The van der Waals surface area contributed by atoms with Crippen LogP contribution < -0.4 is 15.1 Å². The Balaban J connectivity index is 1.57. The van der Waals surface area contributed by atoms with E-state index in [1.54, 1.807) is 19.3 Å². The number of ether oxygens (including phenoxy) is 1. The third kappa shape index (κ3) is 3.87. The monoisotopic (exact) mass is 421 g/mol. The number of benzene rings is 1. The van der Waals surface area contributed by atoms with Crippen molar-refractivity contribution in [3.05, 3.63) is 41.9 Å². The Bertz CT molecular complexity index is 953. The molecule has 1 aromatic carbocycles. The minimum atomic E-state index is 0.0641. The summed E-state index contributed by atoms with van der Waals surface area (Å²) in [6.45, 7) is 9.17. The quantitative estimate of drug-likeness (QED) is 0.814. The van der Waals surface area contributed by atoms with Crippen molar-refractivity contribution >= 4 is 23.1 Å². The number of rotatable bonds is 4. The first-order chi connectivity index (χ1) is 15.0. The largest absolute Gasteiger partial charge is 0.378 e. The predicted molar refractivity (Wildman–Crippen MR) is 121 cm³/mol. The van der Waals surface area contributed by atoms with E-state index in [-0.39, 0.29) is 23.9 Å². The first-order valence-electron chi connectivity index (χ1n) is 11.3. The number of aromatic nitrogens is 2. The number of nitrogens with zero attached hydrogens (tertiary/aromatic N) is 4. The summed E-state index contributed by atoms with van der Waals surface area (Å²) in [6.07, 6.45) is 5.98. The van der Waals surface area contributed by atoms with E-state index >= 15 is 0 Å². The Labute approximate surface area is 183 Å². The lowest BCUT2D eigenvalue weighted by molar-refractivity contribution is -0.117. The molecule has 3 atom stereocenters. The molecule has 0 spiro atoms. The molecule has 2 aromatic rings. The van der Waals surface area contributed by atoms with E-state index in [1.165, 1.54) is 18.5 Å². The summed E-state index contributed by atoms with van der Waals surface area (Å²) in [5, 5.41) is 3.66. The number of carbonyl (C=O) groups excluding carboxylic acids is 1. The number of fused-ring (bicyclic) bond motifs is 1. The van der Waals surface area contributed by atoms with E-state index in [2.05, 4.69) is 50.2 Å². The van der Waals surface area contributed by atoms with Gasteiger partial charge in [0.05, 0.1) is 37.3 Å². The van der Waals surface area contributed by atoms with Gasteiger partial charge >= 0.3 is 0 Å². The van der Waals surface area contributed by atoms with Crippen LogP contribution in [0.3, 0.4) is 0 Å². The maximum Gasteiger partial charge on any atom is 0.224 e. The molecule has 1 amide bonds. The van der Waals surface area contributed by atoms with Gasteiger partial charge in [0.25, 0.3) is 0 Å². The number of morpholine rings is 1. The van der Waals surface area contributed by atoms with Gasteiger partial charge in [-0.15, -0.1) is 0 Å². The SMILES string of the molecule is CC(=O)N1c2ccc(N3CCOCC3)cc2C(Nc2cnc(C)cn2)[C@@H](C)[C@@H]1C1CC1. The van der Waals surface area contributed by atoms with E-state index in [4.69, 9.17) is 4.74 Å². The van der Waals surface area contributed by atoms with E-state index < -0.39 is 0 Å². The summed E-state index contributed by atoms with van der Waals surface area (Å²) in [5.41, 5.74) is 4.27. The Hall–Kier alpha value is -2.67. The molecule has 1 unspecified atom stereocenters. The van der Waals surface area contributed by atoms with Crippen molar-refractivity contribution in [2.45, 2.75) is 45.7 Å². The fourth-order valence-corrected chi connectivity index (χ4v) is 5.20. The highest BCUT2D eigenvalue weighted by molar-refractivity contribution is 5.94. The summed E-state index contributed by atoms with van der Waals surface area (Å²) in [5.74, 6) is 1.72. The van der Waals surface area contributed by atoms with Crippen molar-refractivity contribution in [3.8, 4) is 0 Å². The molecule has 1 saturated heterocycles. The lowest BCUT2D eigenvalue weighted by Gasteiger charge is -2.46. The molecular weight excluding hydrogens is 390 g/mol. The fraction of sp³-hybridized carbons (Fsp3) is 0.542. The lowest BCUT2D eigenvalue weighted by atomic mass is 9.79. The molecular formula is C24H31N5O2. The second-order valence-corrected chi connectivity index (χ2v) is 9.08. The first-order valence-corrected chi connectivity index (χ1v) is 11.3. The summed E-state index contributed by atoms with van der Waals surface area (Å²) >= 11 is 0. The zero-order chi connectivity index (χ0) is 21.5. The minimum absolute atomic E-state index is 0.0641. The second kappa shape index (κ2) is 8.11. The van der Waals surface area contributed by atoms with E-state index in [0.717, 1.165) is 49.1 Å². The topological polar surface area (TPSA) is 70.6 Å². The number of hydrogen-bond donors (Lipinski definition) is 1. The van der Waals surface area contributed by atoms with Gasteiger partial charge in [0.2, 0.25) is 5.91 Å². The van der Waals surface area contributed by atoms with Gasteiger partial charge in [0.1, 0.15) is 5.82 Å². The van der Waals surface area contributed by atoms with Crippen LogP contribution >= 0.6 is 0 Å². The predicted octanol–water partition coefficient (Wildman–Crippen LogP) is 3.56. The standard InChI is InChI=1S/C24H31N5O2/c1-15-13-26-22(14-25-15)27-23-16(2)24(18-4-5-18)29(17(3)30)21-7-6-19(12-20(21)23)28-8-10-31-11-9-28/h6-7,12-14,16,18,23-24H,4-5,8-11H2,1-3H3,(H,26,27)/t16-,23?,24-/m1/s1. The Morgan fingerprint density at radius 3 is 2.58 bits per heavy atom. The first kappa shape index (κ1) is 20.2. The third-order valence-electron chi connectivity index (χ3n) is 6.87. The molecule has 7 heteroatoms. The van der Waals surface area contributed by atoms with Crippen LogP contribution in [0, 0.1) is 18.8 Å². The van der Waals surface area contributed by atoms with Crippen LogP contribution in [0.5, 0.6) is 0 Å². The molecule has 3 aliphatic rings. The zero-order valence-corrected chi connectivity index (χ0v) is 18.5. The molecule has 0 bridgehead atoms. The highest BCUT2D eigenvalue weighted by Gasteiger charge is 2.47. The molecule has 0 radical (unpaired) electrons. The summed E-state index contributed by atoms with van der Waals surface area (Å²) in [4.78, 5) is 26.2. The lowest BCUT2D eigenvalue weighted by Crippen LogP contribution is -2.51. The van der Waals surface area contributed by atoms with E-state index in [0.29, 0.717) is 5.92 Å². The smallest absolute Gasteiger partial charge is 0.224 e. The molecule has 2 aliphatic heterocycles. The van der Waals surface area contributed by atoms with Crippen LogP contribution in [0.4, 0.5) is 17.2 Å². The van der Waals surface area contributed by atoms with Crippen LogP contribution in [0.2, 0.25) is 0 Å². The van der Waals surface area contributed by atoms with Crippen molar-refractivity contribution in [2.75, 3.05) is 41.4 Å². The summed E-state index contributed by atoms with van der Waals surface area (Å²) in [7, 11) is 0. The fourth-order valence-electron chi connectivity index (χ4n) is 5.20. The highest BCUT2D eigenvalue weighted by Crippen LogP contribution is 2.50. The number of hydrogen-bond acceptors (Lipinski definition) is 6. The Morgan fingerprint density at radius 2 is 1.94 bits per heavy atom. The zero-order valence-electron chi connectivity index (χ0n) is 18.5. The van der Waals surface area contributed by atoms with Gasteiger partial charge in [0, 0.05) is 48.9 Å². The van der Waals surface area contributed by atoms with E-state index in [9.17, 15) is 4.79 Å². The normalized spacial score (nSPS) is 25.8. The molecule has 7 nitrogen and oxygen atoms in total. The van der Waals surface area contributed by atoms with E-state index in [1.807, 2.05) is 6.92 Å². The van der Waals surface area contributed by atoms with Gasteiger partial charge in [-0.2, -0.15) is 0 Å². The second-order valence-electron chi connectivity index (χ2n) is 9.08. The third-order valence-corrected chi connectivity index (χ3v) is 6.87. The van der Waals surface area contributed by atoms with Gasteiger partial charge in [-0.1, -0.05) is 6.92 Å². The molecule has 5 rings (SSSR count). The average molecular weight is 422 g/mol. The number of carbonyl (C=O) groups is 1. The number of aryl methyl sites for hydroxylation is 1. The van der Waals surface area contributed by atoms with Crippen molar-refractivity contribution in [3.63, 3.8) is 0 Å². The Kier molecular flexibility index (Phi) is 5.30. The van der Waals surface area contributed by atoms with Crippen molar-refractivity contribution in [1.29, 1.82) is 0 Å². The molecule has 164 valence electrons. The van der Waals surface area contributed by atoms with Crippen LogP contribution in [-0.4, -0.2) is 48.2 Å². The molecule has 1 aliphatic carbocycles. The van der Waals surface area contributed by atoms with Crippen molar-refractivity contribution in [1.82, 2.24) is 9.97 Å². The minimum Gasteiger partial charge on any atom is -0.378 e. The highest BCUT2D eigenvalue weighted by atomic mass is 16.5. The van der Waals surface area contributed by atoms with Crippen LogP contribution in [-0.2, 0) is 9.53 Å². The van der Waals surface area contributed by atoms with Crippen molar-refractivity contribution in [2.24, 2.45) is 11.8 Å². The number of anilines is 3. The van der Waals surface area contributed by atoms with Gasteiger partial charge < -0.3 is 19.9 Å². The maximum absolute atomic E-state index is 12.8. The maximum atomic E-state index is 12.8. The molecule has 1 saturated carbocycles. The number of amides is 1. The average Bonchev–Trinajstić information content (AvgIpc) is 3.62. The van der Waals surface area contributed by atoms with Gasteiger partial charge in [-0.25, -0.2) is 4.98 Å². The van der Waals surface area contributed by atoms with Crippen LogP contribution in [0.15, 0.2) is 30.6 Å². The summed E-state index contributed by atoms with van der Waals surface area (Å²) < 4.78 is 5.53. The van der Waals surface area contributed by atoms with Crippen molar-refractivity contribution < 1.29 is 9.53 Å². The Morgan fingerprint density at radius 1 is 1.16 bits per heavy atom. The molecule has 3 heterocycles. The number of nitrogens with one attached hydrogen (secondary N) is 1.